The third-order valence-electron chi connectivity index (χ3n) is 3.52. The van der Waals surface area contributed by atoms with Gasteiger partial charge in [0.25, 0.3) is 0 Å². The van der Waals surface area contributed by atoms with Gasteiger partial charge in [0.05, 0.1) is 17.2 Å². The molecule has 0 heterocycles. The number of rotatable bonds is 5. The average Bonchev–Trinajstić information content (AvgIpc) is 2.59. The van der Waals surface area contributed by atoms with Crippen molar-refractivity contribution in [1.29, 1.82) is 5.26 Å². The molecule has 2 rings (SSSR count). The molecule has 0 amide bonds. The number of aromatic carboxylic acids is 1. The van der Waals surface area contributed by atoms with Gasteiger partial charge in [-0.25, -0.2) is 4.79 Å². The van der Waals surface area contributed by atoms with E-state index in [1.807, 2.05) is 55.4 Å². The second-order valence-corrected chi connectivity index (χ2v) is 5.42. The lowest BCUT2D eigenvalue weighted by molar-refractivity contribution is 0.0697. The molecule has 0 bridgehead atoms. The third-order valence-corrected chi connectivity index (χ3v) is 3.52. The maximum atomic E-state index is 10.9. The fraction of sp³-hybridized carbons (Fsp3) is 0.100. The zero-order valence-corrected chi connectivity index (χ0v) is 13.6. The van der Waals surface area contributed by atoms with Gasteiger partial charge in [-0.15, -0.1) is 0 Å². The standard InChI is InChI=1S/C20H18N2O2/c1-22(2)19-12-6-15(7-13-19)4-3-5-18(14-21)16-8-10-17(11-9-16)20(23)24/h3-13H,1-2H3,(H,23,24)/b4-3+,18-5-. The molecule has 0 saturated heterocycles. The van der Waals surface area contributed by atoms with Gasteiger partial charge in [-0.3, -0.25) is 0 Å². The van der Waals surface area contributed by atoms with E-state index in [-0.39, 0.29) is 5.56 Å². The fourth-order valence-electron chi connectivity index (χ4n) is 2.13. The van der Waals surface area contributed by atoms with Crippen LogP contribution in [0, 0.1) is 11.3 Å². The molecule has 120 valence electrons. The summed E-state index contributed by atoms with van der Waals surface area (Å²) >= 11 is 0. The second-order valence-electron chi connectivity index (χ2n) is 5.42. The van der Waals surface area contributed by atoms with Gasteiger partial charge in [-0.1, -0.05) is 36.4 Å². The maximum absolute atomic E-state index is 10.9. The van der Waals surface area contributed by atoms with E-state index in [0.717, 1.165) is 11.3 Å². The molecule has 0 atom stereocenters. The van der Waals surface area contributed by atoms with Crippen molar-refractivity contribution < 1.29 is 9.90 Å². The van der Waals surface area contributed by atoms with Crippen molar-refractivity contribution in [2.75, 3.05) is 19.0 Å². The first-order chi connectivity index (χ1) is 11.5. The fourth-order valence-corrected chi connectivity index (χ4v) is 2.13. The molecule has 0 aliphatic carbocycles. The molecule has 1 N–H and O–H groups in total. The van der Waals surface area contributed by atoms with E-state index in [2.05, 4.69) is 6.07 Å². The number of anilines is 1. The number of benzene rings is 2. The van der Waals surface area contributed by atoms with E-state index in [4.69, 9.17) is 5.11 Å². The SMILES string of the molecule is CN(C)c1ccc(/C=C/C=C(/C#N)c2ccc(C(=O)O)cc2)cc1. The molecule has 0 aliphatic heterocycles. The summed E-state index contributed by atoms with van der Waals surface area (Å²) < 4.78 is 0. The highest BCUT2D eigenvalue weighted by molar-refractivity contribution is 5.88. The van der Waals surface area contributed by atoms with Gasteiger partial charge in [-0.05, 0) is 41.5 Å². The van der Waals surface area contributed by atoms with Crippen LogP contribution >= 0.6 is 0 Å². The van der Waals surface area contributed by atoms with Gasteiger partial charge in [-0.2, -0.15) is 5.26 Å². The van der Waals surface area contributed by atoms with Gasteiger partial charge >= 0.3 is 5.97 Å². The molecule has 0 radical (unpaired) electrons. The summed E-state index contributed by atoms with van der Waals surface area (Å²) in [5, 5.41) is 18.2. The Morgan fingerprint density at radius 3 is 2.12 bits per heavy atom. The Hall–Kier alpha value is -3.32. The summed E-state index contributed by atoms with van der Waals surface area (Å²) in [5.74, 6) is -0.981. The summed E-state index contributed by atoms with van der Waals surface area (Å²) in [4.78, 5) is 12.9. The van der Waals surface area contributed by atoms with Crippen molar-refractivity contribution in [3.8, 4) is 6.07 Å². The Morgan fingerprint density at radius 2 is 1.62 bits per heavy atom. The van der Waals surface area contributed by atoms with Crippen molar-refractivity contribution in [1.82, 2.24) is 0 Å². The monoisotopic (exact) mass is 318 g/mol. The van der Waals surface area contributed by atoms with Gasteiger partial charge in [0.1, 0.15) is 0 Å². The first kappa shape index (κ1) is 17.0. The van der Waals surface area contributed by atoms with Gasteiger partial charge in [0, 0.05) is 19.8 Å². The van der Waals surface area contributed by atoms with Gasteiger partial charge in [0.15, 0.2) is 0 Å². The zero-order chi connectivity index (χ0) is 17.5. The van der Waals surface area contributed by atoms with Crippen LogP contribution in [-0.4, -0.2) is 25.2 Å². The molecule has 2 aromatic carbocycles. The van der Waals surface area contributed by atoms with Crippen molar-refractivity contribution >= 4 is 23.3 Å². The Labute approximate surface area is 141 Å². The predicted molar refractivity (Wildman–Crippen MR) is 96.8 cm³/mol. The molecular weight excluding hydrogens is 300 g/mol. The quantitative estimate of drug-likeness (QED) is 0.666. The smallest absolute Gasteiger partial charge is 0.335 e. The lowest BCUT2D eigenvalue weighted by Gasteiger charge is -2.11. The summed E-state index contributed by atoms with van der Waals surface area (Å²) in [6, 6.07) is 16.5. The number of allylic oxidation sites excluding steroid dienone is 3. The maximum Gasteiger partial charge on any atom is 0.335 e. The van der Waals surface area contributed by atoms with Crippen molar-refractivity contribution in [2.45, 2.75) is 0 Å². The largest absolute Gasteiger partial charge is 0.478 e. The number of nitriles is 1. The lowest BCUT2D eigenvalue weighted by atomic mass is 10.0. The topological polar surface area (TPSA) is 64.3 Å². The van der Waals surface area contributed by atoms with Crippen LogP contribution in [0.5, 0.6) is 0 Å². The van der Waals surface area contributed by atoms with Crippen LogP contribution < -0.4 is 4.90 Å². The molecule has 0 fully saturated rings. The molecule has 0 aliphatic rings. The summed E-state index contributed by atoms with van der Waals surface area (Å²) in [5.41, 5.74) is 3.53. The van der Waals surface area contributed by atoms with Crippen LogP contribution in [0.2, 0.25) is 0 Å². The minimum atomic E-state index is -0.981. The molecular formula is C20H18N2O2. The van der Waals surface area contributed by atoms with E-state index < -0.39 is 5.97 Å². The average molecular weight is 318 g/mol. The van der Waals surface area contributed by atoms with Gasteiger partial charge in [0.2, 0.25) is 0 Å². The third kappa shape index (κ3) is 4.34. The van der Waals surface area contributed by atoms with Crippen molar-refractivity contribution in [2.24, 2.45) is 0 Å². The molecule has 0 aromatic heterocycles. The molecule has 0 unspecified atom stereocenters. The highest BCUT2D eigenvalue weighted by Gasteiger charge is 2.04. The molecule has 4 heteroatoms. The number of hydrogen-bond acceptors (Lipinski definition) is 3. The Morgan fingerprint density at radius 1 is 1.04 bits per heavy atom. The van der Waals surface area contributed by atoms with Crippen LogP contribution in [0.3, 0.4) is 0 Å². The number of carbonyl (C=O) groups is 1. The molecule has 2 aromatic rings. The van der Waals surface area contributed by atoms with Gasteiger partial charge < -0.3 is 10.0 Å². The summed E-state index contributed by atoms with van der Waals surface area (Å²) in [6.45, 7) is 0. The van der Waals surface area contributed by atoms with E-state index in [9.17, 15) is 10.1 Å². The van der Waals surface area contributed by atoms with E-state index >= 15 is 0 Å². The number of carboxylic acid groups (broad SMARTS) is 1. The Kier molecular flexibility index (Phi) is 5.54. The van der Waals surface area contributed by atoms with Crippen molar-refractivity contribution in [3.05, 3.63) is 77.4 Å². The highest BCUT2D eigenvalue weighted by atomic mass is 16.4. The van der Waals surface area contributed by atoms with Crippen molar-refractivity contribution in [3.63, 3.8) is 0 Å². The Bertz CT molecular complexity index is 808. The van der Waals surface area contributed by atoms with Crippen LogP contribution in [0.4, 0.5) is 5.69 Å². The highest BCUT2D eigenvalue weighted by Crippen LogP contribution is 2.16. The first-order valence-electron chi connectivity index (χ1n) is 7.41. The molecule has 0 saturated carbocycles. The van der Waals surface area contributed by atoms with Crippen LogP contribution in [0.15, 0.2) is 60.7 Å². The van der Waals surface area contributed by atoms with Crippen LogP contribution in [-0.2, 0) is 0 Å². The number of hydrogen-bond donors (Lipinski definition) is 1. The summed E-state index contributed by atoms with van der Waals surface area (Å²) in [6.07, 6.45) is 5.45. The molecule has 4 nitrogen and oxygen atoms in total. The summed E-state index contributed by atoms with van der Waals surface area (Å²) in [7, 11) is 3.98. The first-order valence-corrected chi connectivity index (χ1v) is 7.41. The van der Waals surface area contributed by atoms with Crippen LogP contribution in [0.1, 0.15) is 21.5 Å². The van der Waals surface area contributed by atoms with E-state index in [1.165, 1.54) is 12.1 Å². The second kappa shape index (κ2) is 7.80. The number of carboxylic acids is 1. The molecule has 24 heavy (non-hydrogen) atoms. The zero-order valence-electron chi connectivity index (χ0n) is 13.6. The minimum absolute atomic E-state index is 0.201. The minimum Gasteiger partial charge on any atom is -0.478 e. The van der Waals surface area contributed by atoms with E-state index in [0.29, 0.717) is 11.1 Å². The van der Waals surface area contributed by atoms with E-state index in [1.54, 1.807) is 18.2 Å². The normalized spacial score (nSPS) is 11.3. The Balaban J connectivity index is 2.15. The predicted octanol–water partition coefficient (Wildman–Crippen LogP) is 4.07. The molecule has 0 spiro atoms. The van der Waals surface area contributed by atoms with Crippen LogP contribution in [0.25, 0.3) is 11.6 Å². The number of nitrogens with zero attached hydrogens (tertiary/aromatic N) is 2. The lowest BCUT2D eigenvalue weighted by Crippen LogP contribution is -2.07.